The Bertz CT molecular complexity index is 358. The second-order valence-electron chi connectivity index (χ2n) is 3.84. The molecule has 1 aliphatic rings. The number of aromatic carboxylic acids is 1. The van der Waals surface area contributed by atoms with E-state index < -0.39 is 5.97 Å². The van der Waals surface area contributed by atoms with Gasteiger partial charge in [-0.25, -0.2) is 4.79 Å². The minimum absolute atomic E-state index is 0.0201. The molecule has 1 unspecified atom stereocenters. The summed E-state index contributed by atoms with van der Waals surface area (Å²) in [6.45, 7) is 3.11. The minimum Gasteiger partial charge on any atom is -0.475 e. The van der Waals surface area contributed by atoms with E-state index in [1.807, 2.05) is 0 Å². The van der Waals surface area contributed by atoms with Gasteiger partial charge in [-0.3, -0.25) is 0 Å². The number of nitrogens with zero attached hydrogens (tertiary/aromatic N) is 1. The van der Waals surface area contributed by atoms with Crippen LogP contribution in [0.1, 0.15) is 36.7 Å². The Morgan fingerprint density at radius 1 is 1.67 bits per heavy atom. The highest BCUT2D eigenvalue weighted by Crippen LogP contribution is 2.28. The molecule has 1 saturated heterocycles. The fourth-order valence-electron chi connectivity index (χ4n) is 2.15. The number of rotatable bonds is 3. The van der Waals surface area contributed by atoms with Crippen molar-refractivity contribution in [2.24, 2.45) is 0 Å². The van der Waals surface area contributed by atoms with Crippen LogP contribution < -0.4 is 4.90 Å². The van der Waals surface area contributed by atoms with Crippen LogP contribution in [0.3, 0.4) is 0 Å². The third kappa shape index (κ3) is 1.84. The van der Waals surface area contributed by atoms with Crippen LogP contribution in [0.15, 0.2) is 16.5 Å². The van der Waals surface area contributed by atoms with Gasteiger partial charge >= 0.3 is 5.97 Å². The maximum absolute atomic E-state index is 10.7. The van der Waals surface area contributed by atoms with E-state index >= 15 is 0 Å². The molecule has 15 heavy (non-hydrogen) atoms. The first-order chi connectivity index (χ1) is 7.22. The van der Waals surface area contributed by atoms with Gasteiger partial charge in [-0.2, -0.15) is 0 Å². The van der Waals surface area contributed by atoms with Gasteiger partial charge in [0.15, 0.2) is 5.88 Å². The van der Waals surface area contributed by atoms with Crippen molar-refractivity contribution < 1.29 is 14.3 Å². The van der Waals surface area contributed by atoms with Gasteiger partial charge in [0, 0.05) is 18.7 Å². The Morgan fingerprint density at radius 2 is 2.47 bits per heavy atom. The van der Waals surface area contributed by atoms with Gasteiger partial charge < -0.3 is 14.4 Å². The van der Waals surface area contributed by atoms with Crippen molar-refractivity contribution in [3.8, 4) is 0 Å². The molecule has 0 aromatic carbocycles. The second-order valence-corrected chi connectivity index (χ2v) is 3.84. The zero-order chi connectivity index (χ0) is 10.8. The number of carbonyl (C=O) groups is 1. The summed E-state index contributed by atoms with van der Waals surface area (Å²) in [6.07, 6.45) is 3.39. The van der Waals surface area contributed by atoms with Crippen molar-refractivity contribution in [2.75, 3.05) is 11.4 Å². The normalized spacial score (nSPS) is 20.9. The molecule has 2 rings (SSSR count). The molecule has 4 nitrogen and oxygen atoms in total. The lowest BCUT2D eigenvalue weighted by atomic mass is 10.2. The first-order valence-electron chi connectivity index (χ1n) is 5.32. The number of carboxylic acids is 1. The summed E-state index contributed by atoms with van der Waals surface area (Å²) in [5.41, 5.74) is 0. The van der Waals surface area contributed by atoms with E-state index in [9.17, 15) is 4.79 Å². The van der Waals surface area contributed by atoms with Crippen molar-refractivity contribution in [3.05, 3.63) is 17.9 Å². The van der Waals surface area contributed by atoms with Crippen molar-refractivity contribution in [1.82, 2.24) is 0 Å². The van der Waals surface area contributed by atoms with E-state index in [1.54, 1.807) is 6.07 Å². The average Bonchev–Trinajstić information content (AvgIpc) is 2.85. The molecular weight excluding hydrogens is 194 g/mol. The molecule has 82 valence electrons. The fourth-order valence-corrected chi connectivity index (χ4v) is 2.15. The monoisotopic (exact) mass is 209 g/mol. The van der Waals surface area contributed by atoms with Gasteiger partial charge in [-0.1, -0.05) is 6.92 Å². The quantitative estimate of drug-likeness (QED) is 0.830. The van der Waals surface area contributed by atoms with Gasteiger partial charge in [-0.05, 0) is 25.3 Å². The van der Waals surface area contributed by atoms with E-state index in [-0.39, 0.29) is 5.76 Å². The zero-order valence-corrected chi connectivity index (χ0v) is 8.77. The third-order valence-electron chi connectivity index (χ3n) is 2.93. The Labute approximate surface area is 88.5 Å². The molecule has 0 bridgehead atoms. The maximum Gasteiger partial charge on any atom is 0.371 e. The van der Waals surface area contributed by atoms with E-state index in [0.29, 0.717) is 11.9 Å². The second kappa shape index (κ2) is 3.96. The van der Waals surface area contributed by atoms with Crippen molar-refractivity contribution in [2.45, 2.75) is 32.2 Å². The van der Waals surface area contributed by atoms with E-state index in [4.69, 9.17) is 9.52 Å². The molecule has 0 radical (unpaired) electrons. The van der Waals surface area contributed by atoms with Crippen molar-refractivity contribution in [1.29, 1.82) is 0 Å². The summed E-state index contributed by atoms with van der Waals surface area (Å²) >= 11 is 0. The van der Waals surface area contributed by atoms with Crippen molar-refractivity contribution >= 4 is 11.9 Å². The minimum atomic E-state index is -1.01. The van der Waals surface area contributed by atoms with Crippen LogP contribution >= 0.6 is 0 Å². The van der Waals surface area contributed by atoms with Gasteiger partial charge in [-0.15, -0.1) is 0 Å². The fraction of sp³-hybridized carbons (Fsp3) is 0.545. The third-order valence-corrected chi connectivity index (χ3v) is 2.93. The summed E-state index contributed by atoms with van der Waals surface area (Å²) in [5, 5.41) is 8.75. The predicted octanol–water partition coefficient (Wildman–Crippen LogP) is 2.36. The standard InChI is InChI=1S/C11H15NO3/c1-2-8-4-3-7-12(8)10-6-5-9(15-10)11(13)14/h5-6,8H,2-4,7H2,1H3,(H,13,14). The highest BCUT2D eigenvalue weighted by atomic mass is 16.4. The van der Waals surface area contributed by atoms with Crippen LogP contribution in [0.5, 0.6) is 0 Å². The smallest absolute Gasteiger partial charge is 0.371 e. The van der Waals surface area contributed by atoms with Gasteiger partial charge in [0.2, 0.25) is 5.76 Å². The summed E-state index contributed by atoms with van der Waals surface area (Å²) in [5.74, 6) is -0.294. The molecule has 1 aromatic rings. The van der Waals surface area contributed by atoms with Crippen LogP contribution in [-0.4, -0.2) is 23.7 Å². The first-order valence-corrected chi connectivity index (χ1v) is 5.32. The molecule has 1 aromatic heterocycles. The van der Waals surface area contributed by atoms with Gasteiger partial charge in [0.05, 0.1) is 0 Å². The molecule has 0 amide bonds. The van der Waals surface area contributed by atoms with E-state index in [1.165, 1.54) is 12.5 Å². The molecule has 1 aliphatic heterocycles. The average molecular weight is 209 g/mol. The number of carboxylic acid groups (broad SMARTS) is 1. The SMILES string of the molecule is CCC1CCCN1c1ccc(C(=O)O)o1. The Morgan fingerprint density at radius 3 is 3.07 bits per heavy atom. The molecule has 0 spiro atoms. The van der Waals surface area contributed by atoms with Crippen LogP contribution in [0.4, 0.5) is 5.88 Å². The Hall–Kier alpha value is -1.45. The van der Waals surface area contributed by atoms with Gasteiger partial charge in [0.25, 0.3) is 0 Å². The first kappa shape index (κ1) is 10.1. The molecule has 1 fully saturated rings. The number of hydrogen-bond donors (Lipinski definition) is 1. The number of anilines is 1. The van der Waals surface area contributed by atoms with Crippen LogP contribution in [0, 0.1) is 0 Å². The predicted molar refractivity (Wildman–Crippen MR) is 56.3 cm³/mol. The van der Waals surface area contributed by atoms with Gasteiger partial charge in [0.1, 0.15) is 0 Å². The van der Waals surface area contributed by atoms with Crippen molar-refractivity contribution in [3.63, 3.8) is 0 Å². The summed E-state index contributed by atoms with van der Waals surface area (Å²) in [6, 6.07) is 3.76. The zero-order valence-electron chi connectivity index (χ0n) is 8.77. The lowest BCUT2D eigenvalue weighted by Crippen LogP contribution is -2.27. The maximum atomic E-state index is 10.7. The largest absolute Gasteiger partial charge is 0.475 e. The number of furan rings is 1. The molecule has 1 N–H and O–H groups in total. The molecule has 0 aliphatic carbocycles. The van der Waals surface area contributed by atoms with Crippen LogP contribution in [0.2, 0.25) is 0 Å². The van der Waals surface area contributed by atoms with E-state index in [0.717, 1.165) is 19.4 Å². The highest BCUT2D eigenvalue weighted by molar-refractivity contribution is 5.84. The van der Waals surface area contributed by atoms with Crippen LogP contribution in [0.25, 0.3) is 0 Å². The number of hydrogen-bond acceptors (Lipinski definition) is 3. The topological polar surface area (TPSA) is 53.7 Å². The summed E-state index contributed by atoms with van der Waals surface area (Å²) < 4.78 is 5.29. The molecule has 1 atom stereocenters. The highest BCUT2D eigenvalue weighted by Gasteiger charge is 2.25. The lowest BCUT2D eigenvalue weighted by molar-refractivity contribution is 0.0663. The van der Waals surface area contributed by atoms with Crippen LogP contribution in [-0.2, 0) is 0 Å². The Balaban J connectivity index is 2.18. The molecular formula is C11H15NO3. The molecule has 0 saturated carbocycles. The molecule has 4 heteroatoms. The summed E-state index contributed by atoms with van der Waals surface area (Å²) in [4.78, 5) is 12.8. The summed E-state index contributed by atoms with van der Waals surface area (Å²) in [7, 11) is 0. The molecule has 2 heterocycles. The Kier molecular flexibility index (Phi) is 2.66. The lowest BCUT2D eigenvalue weighted by Gasteiger charge is -2.22. The van der Waals surface area contributed by atoms with E-state index in [2.05, 4.69) is 11.8 Å².